The summed E-state index contributed by atoms with van der Waals surface area (Å²) in [5.74, 6) is 2.77. The highest BCUT2D eigenvalue weighted by atomic mass is 16.5. The lowest BCUT2D eigenvalue weighted by Crippen LogP contribution is -2.54. The molecule has 16 heavy (non-hydrogen) atoms. The summed E-state index contributed by atoms with van der Waals surface area (Å²) < 4.78 is 6.01. The molecule has 2 nitrogen and oxygen atoms in total. The normalized spacial score (nSPS) is 45.3. The van der Waals surface area contributed by atoms with Gasteiger partial charge in [-0.2, -0.15) is 0 Å². The van der Waals surface area contributed by atoms with E-state index in [1.807, 2.05) is 0 Å². The van der Waals surface area contributed by atoms with E-state index in [1.165, 1.54) is 19.3 Å². The van der Waals surface area contributed by atoms with Gasteiger partial charge in [-0.25, -0.2) is 0 Å². The smallest absolute Gasteiger partial charge is 0.141 e. The molecule has 5 atom stereocenters. The average Bonchev–Trinajstić information content (AvgIpc) is 2.28. The Morgan fingerprint density at radius 1 is 1.25 bits per heavy atom. The zero-order valence-corrected chi connectivity index (χ0v) is 10.2. The topological polar surface area (TPSA) is 26.3 Å². The maximum atomic E-state index is 12.1. The van der Waals surface area contributed by atoms with Crippen molar-refractivity contribution >= 4 is 5.78 Å². The predicted molar refractivity (Wildman–Crippen MR) is 62.1 cm³/mol. The molecule has 0 aromatic rings. The minimum atomic E-state index is 0.271. The van der Waals surface area contributed by atoms with Crippen LogP contribution in [0, 0.1) is 23.7 Å². The number of carbonyl (C=O) groups excluding carboxylic acids is 1. The summed E-state index contributed by atoms with van der Waals surface area (Å²) >= 11 is 0. The van der Waals surface area contributed by atoms with Gasteiger partial charge < -0.3 is 4.74 Å². The van der Waals surface area contributed by atoms with E-state index in [2.05, 4.69) is 6.92 Å². The van der Waals surface area contributed by atoms with Crippen molar-refractivity contribution < 1.29 is 9.53 Å². The molecule has 4 aliphatic carbocycles. The molecular formula is C14H22O2. The molecule has 4 fully saturated rings. The number of ether oxygens (including phenoxy) is 1. The number of hydrogen-bond donors (Lipinski definition) is 0. The zero-order chi connectivity index (χ0) is 11.1. The third-order valence-electron chi connectivity index (χ3n) is 4.87. The van der Waals surface area contributed by atoms with Gasteiger partial charge in [0.15, 0.2) is 0 Å². The third kappa shape index (κ3) is 1.62. The van der Waals surface area contributed by atoms with Crippen molar-refractivity contribution in [2.24, 2.45) is 23.7 Å². The second-order valence-electron chi connectivity index (χ2n) is 5.96. The first-order chi connectivity index (χ1) is 7.79. The summed E-state index contributed by atoms with van der Waals surface area (Å²) in [6.07, 6.45) is 7.38. The van der Waals surface area contributed by atoms with Crippen LogP contribution >= 0.6 is 0 Å². The molecule has 0 aliphatic heterocycles. The van der Waals surface area contributed by atoms with Crippen molar-refractivity contribution in [1.82, 2.24) is 0 Å². The number of ketones is 1. The second kappa shape index (κ2) is 4.14. The van der Waals surface area contributed by atoms with Crippen LogP contribution in [-0.4, -0.2) is 18.5 Å². The summed E-state index contributed by atoms with van der Waals surface area (Å²) in [4.78, 5) is 12.1. The van der Waals surface area contributed by atoms with Crippen LogP contribution in [0.1, 0.15) is 45.4 Å². The molecule has 0 spiro atoms. The molecule has 4 rings (SSSR count). The molecule has 0 saturated heterocycles. The Kier molecular flexibility index (Phi) is 2.78. The Balaban J connectivity index is 1.68. The van der Waals surface area contributed by atoms with Crippen LogP contribution in [0.15, 0.2) is 0 Å². The number of hydrogen-bond acceptors (Lipinski definition) is 2. The minimum absolute atomic E-state index is 0.271. The van der Waals surface area contributed by atoms with Crippen molar-refractivity contribution in [3.8, 4) is 0 Å². The van der Waals surface area contributed by atoms with Crippen LogP contribution in [0.4, 0.5) is 0 Å². The van der Waals surface area contributed by atoms with Crippen LogP contribution in [0.2, 0.25) is 0 Å². The zero-order valence-electron chi connectivity index (χ0n) is 10.2. The summed E-state index contributed by atoms with van der Waals surface area (Å²) in [5, 5.41) is 0. The van der Waals surface area contributed by atoms with E-state index in [1.54, 1.807) is 0 Å². The molecule has 4 saturated carbocycles. The van der Waals surface area contributed by atoms with Crippen LogP contribution < -0.4 is 0 Å². The van der Waals surface area contributed by atoms with Gasteiger partial charge in [0.1, 0.15) is 5.78 Å². The maximum Gasteiger partial charge on any atom is 0.141 e. The van der Waals surface area contributed by atoms with E-state index in [-0.39, 0.29) is 12.0 Å². The van der Waals surface area contributed by atoms with Crippen LogP contribution in [-0.2, 0) is 9.53 Å². The first-order valence-electron chi connectivity index (χ1n) is 6.95. The molecule has 0 aromatic heterocycles. The van der Waals surface area contributed by atoms with Gasteiger partial charge in [0.2, 0.25) is 0 Å². The van der Waals surface area contributed by atoms with Crippen molar-refractivity contribution in [3.63, 3.8) is 0 Å². The van der Waals surface area contributed by atoms with Crippen LogP contribution in [0.5, 0.6) is 0 Å². The molecule has 0 heterocycles. The summed E-state index contributed by atoms with van der Waals surface area (Å²) in [5.41, 5.74) is 0. The number of carbonyl (C=O) groups is 1. The fourth-order valence-corrected chi connectivity index (χ4v) is 4.20. The lowest BCUT2D eigenvalue weighted by atomic mass is 9.54. The van der Waals surface area contributed by atoms with Crippen molar-refractivity contribution in [2.75, 3.05) is 6.61 Å². The fourth-order valence-electron chi connectivity index (χ4n) is 4.20. The SMILES string of the molecule is CCCCOC1C2CC3CC(C2)C(=O)C1C3. The summed E-state index contributed by atoms with van der Waals surface area (Å²) in [7, 11) is 0. The first kappa shape index (κ1) is 10.8. The van der Waals surface area contributed by atoms with Gasteiger partial charge in [0, 0.05) is 18.4 Å². The molecule has 0 amide bonds. The molecule has 0 aromatic carbocycles. The highest BCUT2D eigenvalue weighted by Gasteiger charge is 2.53. The number of unbranched alkanes of at least 4 members (excludes halogenated alkanes) is 1. The minimum Gasteiger partial charge on any atom is -0.377 e. The third-order valence-corrected chi connectivity index (χ3v) is 4.87. The van der Waals surface area contributed by atoms with Gasteiger partial charge in [0.05, 0.1) is 6.10 Å². The van der Waals surface area contributed by atoms with Crippen LogP contribution in [0.25, 0.3) is 0 Å². The standard InChI is InChI=1S/C14H22O2/c1-2-3-4-16-14-11-6-9-5-10(8-11)13(15)12(14)7-9/h9-12,14H,2-8H2,1H3. The van der Waals surface area contributed by atoms with E-state index in [0.29, 0.717) is 17.6 Å². The molecular weight excluding hydrogens is 200 g/mol. The maximum absolute atomic E-state index is 12.1. The summed E-state index contributed by atoms with van der Waals surface area (Å²) in [6.45, 7) is 3.04. The van der Waals surface area contributed by atoms with E-state index < -0.39 is 0 Å². The van der Waals surface area contributed by atoms with E-state index in [4.69, 9.17) is 4.74 Å². The van der Waals surface area contributed by atoms with E-state index >= 15 is 0 Å². The van der Waals surface area contributed by atoms with Crippen molar-refractivity contribution in [3.05, 3.63) is 0 Å². The van der Waals surface area contributed by atoms with Gasteiger partial charge in [-0.3, -0.25) is 4.79 Å². The van der Waals surface area contributed by atoms with Crippen molar-refractivity contribution in [2.45, 2.75) is 51.6 Å². The Morgan fingerprint density at radius 3 is 2.94 bits per heavy atom. The van der Waals surface area contributed by atoms with E-state index in [0.717, 1.165) is 31.8 Å². The average molecular weight is 222 g/mol. The quantitative estimate of drug-likeness (QED) is 0.684. The Hall–Kier alpha value is -0.370. The molecule has 90 valence electrons. The molecule has 2 heteroatoms. The monoisotopic (exact) mass is 222 g/mol. The molecule has 4 bridgehead atoms. The highest BCUT2D eigenvalue weighted by molar-refractivity contribution is 5.86. The Bertz CT molecular complexity index is 286. The van der Waals surface area contributed by atoms with Crippen molar-refractivity contribution in [1.29, 1.82) is 0 Å². The second-order valence-corrected chi connectivity index (χ2v) is 5.96. The fraction of sp³-hybridized carbons (Fsp3) is 0.929. The van der Waals surface area contributed by atoms with E-state index in [9.17, 15) is 4.79 Å². The molecule has 5 unspecified atom stereocenters. The number of Topliss-reactive ketones (excluding diaryl/α,β-unsaturated/α-hetero) is 1. The Labute approximate surface area is 97.7 Å². The Morgan fingerprint density at radius 2 is 2.12 bits per heavy atom. The lowest BCUT2D eigenvalue weighted by molar-refractivity contribution is -0.162. The highest BCUT2D eigenvalue weighted by Crippen LogP contribution is 2.52. The first-order valence-corrected chi connectivity index (χ1v) is 6.95. The molecule has 4 aliphatic rings. The summed E-state index contributed by atoms with van der Waals surface area (Å²) in [6, 6.07) is 0. The molecule has 0 N–H and O–H groups in total. The van der Waals surface area contributed by atoms with Gasteiger partial charge >= 0.3 is 0 Å². The molecule has 0 radical (unpaired) electrons. The van der Waals surface area contributed by atoms with Crippen LogP contribution in [0.3, 0.4) is 0 Å². The number of rotatable bonds is 4. The lowest BCUT2D eigenvalue weighted by Gasteiger charge is -2.52. The van der Waals surface area contributed by atoms with Gasteiger partial charge in [-0.15, -0.1) is 0 Å². The van der Waals surface area contributed by atoms with Gasteiger partial charge in [0.25, 0.3) is 0 Å². The van der Waals surface area contributed by atoms with Gasteiger partial charge in [-0.1, -0.05) is 13.3 Å². The largest absolute Gasteiger partial charge is 0.377 e. The van der Waals surface area contributed by atoms with Gasteiger partial charge in [-0.05, 0) is 43.9 Å². The predicted octanol–water partition coefficient (Wildman–Crippen LogP) is 2.81.